The number of carbonyl (C=O) groups is 1. The van der Waals surface area contributed by atoms with Gasteiger partial charge in [0.25, 0.3) is 0 Å². The number of likely N-dealkylation sites (N-methyl/N-ethyl adjacent to an activating group) is 1. The van der Waals surface area contributed by atoms with Crippen LogP contribution in [0.1, 0.15) is 44.9 Å². The van der Waals surface area contributed by atoms with E-state index in [9.17, 15) is 4.79 Å². The van der Waals surface area contributed by atoms with Gasteiger partial charge in [-0.3, -0.25) is 0 Å². The quantitative estimate of drug-likeness (QED) is 0.737. The van der Waals surface area contributed by atoms with Crippen molar-refractivity contribution in [3.05, 3.63) is 0 Å². The minimum absolute atomic E-state index is 0.0265. The molecule has 1 unspecified atom stereocenters. The molecule has 1 heterocycles. The van der Waals surface area contributed by atoms with Crippen LogP contribution in [0.4, 0.5) is 0 Å². The molecular weight excluding hydrogens is 211 g/mol. The Labute approximate surface area is 105 Å². The Morgan fingerprint density at radius 3 is 2.71 bits per heavy atom. The molecule has 1 saturated carbocycles. The van der Waals surface area contributed by atoms with Crippen LogP contribution in [0.2, 0.25) is 0 Å². The Morgan fingerprint density at radius 1 is 1.41 bits per heavy atom. The van der Waals surface area contributed by atoms with Crippen molar-refractivity contribution in [1.29, 1.82) is 0 Å². The van der Waals surface area contributed by atoms with Gasteiger partial charge in [0.2, 0.25) is 0 Å². The molecule has 1 radical (unpaired) electrons. The van der Waals surface area contributed by atoms with Gasteiger partial charge in [-0.05, 0) is 0 Å². The molecule has 0 aromatic carbocycles. The minimum atomic E-state index is -0.0265. The van der Waals surface area contributed by atoms with E-state index in [1.807, 2.05) is 11.9 Å². The normalized spacial score (nSPS) is 25.5. The molecule has 4 heteroatoms. The van der Waals surface area contributed by atoms with Crippen LogP contribution < -0.4 is 5.32 Å². The summed E-state index contributed by atoms with van der Waals surface area (Å²) in [5.41, 5.74) is 0.817. The number of amides is 1. The molecule has 1 saturated heterocycles. The van der Waals surface area contributed by atoms with Crippen LogP contribution in [-0.2, 0) is 4.79 Å². The summed E-state index contributed by atoms with van der Waals surface area (Å²) in [6.45, 7) is 0.827. The Bertz CT molecular complexity index is 300. The molecule has 1 amide bonds. The maximum absolute atomic E-state index is 11.8. The van der Waals surface area contributed by atoms with Crippen molar-refractivity contribution in [1.82, 2.24) is 10.2 Å². The number of hydrogen-bond acceptors (Lipinski definition) is 2. The molecule has 2 aliphatic rings. The summed E-state index contributed by atoms with van der Waals surface area (Å²) < 4.78 is 0. The number of likely N-dealkylation sites (tertiary alicyclic amines) is 1. The molecule has 1 aliphatic heterocycles. The van der Waals surface area contributed by atoms with Crippen LogP contribution in [0.3, 0.4) is 0 Å². The summed E-state index contributed by atoms with van der Waals surface area (Å²) in [4.78, 5) is 13.7. The monoisotopic (exact) mass is 233 g/mol. The van der Waals surface area contributed by atoms with E-state index in [1.54, 1.807) is 0 Å². The molecule has 17 heavy (non-hydrogen) atoms. The van der Waals surface area contributed by atoms with E-state index in [-0.39, 0.29) is 11.9 Å². The summed E-state index contributed by atoms with van der Waals surface area (Å²) >= 11 is 0. The molecule has 1 N–H and O–H groups in total. The van der Waals surface area contributed by atoms with E-state index in [0.29, 0.717) is 6.42 Å². The molecule has 2 fully saturated rings. The SMILES string of the molecule is [B]=C1CC(C(=O)NCCC2CCCCC2)N1C. The zero-order chi connectivity index (χ0) is 12.3. The fraction of sp³-hybridized carbons (Fsp3) is 0.846. The topological polar surface area (TPSA) is 32.3 Å². The average Bonchev–Trinajstić information content (AvgIpc) is 2.36. The summed E-state index contributed by atoms with van der Waals surface area (Å²) in [6, 6.07) is -0.0265. The van der Waals surface area contributed by atoms with Crippen LogP contribution in [0.5, 0.6) is 0 Å². The van der Waals surface area contributed by atoms with E-state index in [0.717, 1.165) is 24.5 Å². The second-order valence-corrected chi connectivity index (χ2v) is 5.41. The predicted molar refractivity (Wildman–Crippen MR) is 71.1 cm³/mol. The van der Waals surface area contributed by atoms with Crippen LogP contribution in [-0.4, -0.2) is 43.5 Å². The third-order valence-corrected chi connectivity index (χ3v) is 4.20. The van der Waals surface area contributed by atoms with Gasteiger partial charge >= 0.3 is 104 Å². The van der Waals surface area contributed by atoms with Crippen molar-refractivity contribution in [2.24, 2.45) is 5.92 Å². The first-order valence-corrected chi connectivity index (χ1v) is 6.80. The molecule has 0 aromatic rings. The van der Waals surface area contributed by atoms with Gasteiger partial charge in [-0.2, -0.15) is 0 Å². The maximum atomic E-state index is 11.8. The van der Waals surface area contributed by atoms with Gasteiger partial charge in [0.15, 0.2) is 0 Å². The molecule has 0 spiro atoms. The summed E-state index contributed by atoms with van der Waals surface area (Å²) in [5, 5.41) is 3.03. The van der Waals surface area contributed by atoms with Gasteiger partial charge in [-0.15, -0.1) is 0 Å². The zero-order valence-electron chi connectivity index (χ0n) is 10.7. The third-order valence-electron chi connectivity index (χ3n) is 4.20. The number of carbonyl (C=O) groups excluding carboxylic acids is 1. The Kier molecular flexibility index (Phi) is 4.24. The number of rotatable bonds is 4. The van der Waals surface area contributed by atoms with Gasteiger partial charge in [-0.25, -0.2) is 0 Å². The fourth-order valence-corrected chi connectivity index (χ4v) is 2.83. The summed E-state index contributed by atoms with van der Waals surface area (Å²) in [5.74, 6) is 0.970. The summed E-state index contributed by atoms with van der Waals surface area (Å²) in [6.07, 6.45) is 8.68. The van der Waals surface area contributed by atoms with Crippen molar-refractivity contribution in [2.75, 3.05) is 13.6 Å². The van der Waals surface area contributed by atoms with Crippen molar-refractivity contribution in [3.63, 3.8) is 0 Å². The Morgan fingerprint density at radius 2 is 2.12 bits per heavy atom. The van der Waals surface area contributed by atoms with Crippen LogP contribution in [0.15, 0.2) is 0 Å². The van der Waals surface area contributed by atoms with Crippen molar-refractivity contribution in [2.45, 2.75) is 51.0 Å². The van der Waals surface area contributed by atoms with Crippen molar-refractivity contribution >= 4 is 19.0 Å². The van der Waals surface area contributed by atoms with E-state index < -0.39 is 0 Å². The second kappa shape index (κ2) is 5.70. The second-order valence-electron chi connectivity index (χ2n) is 5.41. The van der Waals surface area contributed by atoms with Gasteiger partial charge in [0, 0.05) is 0 Å². The van der Waals surface area contributed by atoms with Gasteiger partial charge in [0.1, 0.15) is 0 Å². The first-order valence-electron chi connectivity index (χ1n) is 6.80. The molecule has 1 aliphatic carbocycles. The third kappa shape index (κ3) is 3.11. The fourth-order valence-electron chi connectivity index (χ4n) is 2.83. The number of hydrogen-bond donors (Lipinski definition) is 1. The standard InChI is InChI=1S/C13H22BN2O/c1-16-11(9-12(16)14)13(17)15-8-7-10-5-3-2-4-6-10/h10-11H,2-9H2,1H3,(H,15,17). The van der Waals surface area contributed by atoms with Crippen LogP contribution in [0.25, 0.3) is 0 Å². The van der Waals surface area contributed by atoms with Crippen LogP contribution in [0, 0.1) is 5.92 Å². The predicted octanol–water partition coefficient (Wildman–Crippen LogP) is 1.08. The molecule has 0 aromatic heterocycles. The Balaban J connectivity index is 1.61. The average molecular weight is 233 g/mol. The van der Waals surface area contributed by atoms with E-state index >= 15 is 0 Å². The first-order chi connectivity index (χ1) is 8.18. The van der Waals surface area contributed by atoms with Crippen molar-refractivity contribution in [3.8, 4) is 0 Å². The number of nitrogens with one attached hydrogen (secondary N) is 1. The molecule has 93 valence electrons. The molecule has 1 atom stereocenters. The van der Waals surface area contributed by atoms with Gasteiger partial charge in [-0.1, -0.05) is 0 Å². The van der Waals surface area contributed by atoms with Crippen molar-refractivity contribution < 1.29 is 4.79 Å². The number of nitrogens with zero attached hydrogens (tertiary/aromatic N) is 1. The van der Waals surface area contributed by atoms with Crippen LogP contribution >= 0.6 is 0 Å². The molecular formula is C13H22BN2O. The zero-order valence-corrected chi connectivity index (χ0v) is 10.7. The molecule has 2 rings (SSSR count). The van der Waals surface area contributed by atoms with E-state index in [1.165, 1.54) is 32.1 Å². The van der Waals surface area contributed by atoms with Gasteiger partial charge in [0.05, 0.1) is 0 Å². The first kappa shape index (κ1) is 12.7. The van der Waals surface area contributed by atoms with E-state index in [2.05, 4.69) is 5.32 Å². The molecule has 0 bridgehead atoms. The summed E-state index contributed by atoms with van der Waals surface area (Å²) in [7, 11) is 7.54. The van der Waals surface area contributed by atoms with Gasteiger partial charge < -0.3 is 0 Å². The Hall–Kier alpha value is -0.795. The molecule has 3 nitrogen and oxygen atoms in total. The van der Waals surface area contributed by atoms with E-state index in [4.69, 9.17) is 7.49 Å².